The molecule has 0 fully saturated rings. The van der Waals surface area contributed by atoms with Crippen LogP contribution in [0.25, 0.3) is 10.9 Å². The van der Waals surface area contributed by atoms with E-state index in [1.54, 1.807) is 0 Å². The molecule has 3 aromatic rings. The number of pyridine rings is 1. The van der Waals surface area contributed by atoms with Crippen molar-refractivity contribution in [2.75, 3.05) is 53.0 Å². The van der Waals surface area contributed by atoms with Crippen LogP contribution in [0, 0.1) is 6.92 Å². The van der Waals surface area contributed by atoms with Gasteiger partial charge >= 0.3 is 0 Å². The Balaban J connectivity index is 1.59. The molecule has 7 heteroatoms. The van der Waals surface area contributed by atoms with E-state index in [1.807, 2.05) is 50.1 Å². The number of aromatic nitrogens is 1. The molecule has 180 valence electrons. The molecule has 34 heavy (non-hydrogen) atoms. The Bertz CT molecular complexity index is 1160. The Morgan fingerprint density at radius 3 is 2.35 bits per heavy atom. The number of amides is 1. The van der Waals surface area contributed by atoms with Gasteiger partial charge in [-0.25, -0.2) is 4.98 Å². The van der Waals surface area contributed by atoms with Gasteiger partial charge in [-0.1, -0.05) is 29.8 Å². The number of rotatable bonds is 9. The summed E-state index contributed by atoms with van der Waals surface area (Å²) >= 11 is 0. The van der Waals surface area contributed by atoms with Crippen molar-refractivity contribution in [1.82, 2.24) is 14.8 Å². The monoisotopic (exact) mass is 462 g/mol. The lowest BCUT2D eigenvalue weighted by Crippen LogP contribution is -2.36. The number of likely N-dealkylation sites (N-methyl/N-ethyl adjacent to an activating group) is 1. The van der Waals surface area contributed by atoms with E-state index in [0.717, 1.165) is 46.7 Å². The van der Waals surface area contributed by atoms with Crippen LogP contribution >= 0.6 is 0 Å². The zero-order chi connectivity index (χ0) is 24.2. The molecular formula is C27H34N4O3. The maximum atomic E-state index is 13.3. The average molecular weight is 463 g/mol. The highest BCUT2D eigenvalue weighted by molar-refractivity contribution is 5.86. The fourth-order valence-electron chi connectivity index (χ4n) is 4.08. The normalized spacial score (nSPS) is 12.4. The Morgan fingerprint density at radius 1 is 0.971 bits per heavy atom. The van der Waals surface area contributed by atoms with Gasteiger partial charge < -0.3 is 24.2 Å². The first kappa shape index (κ1) is 23.8. The third-order valence-corrected chi connectivity index (χ3v) is 6.07. The fraction of sp³-hybridized carbons (Fsp3) is 0.407. The molecule has 1 aliphatic rings. The van der Waals surface area contributed by atoms with Crippen molar-refractivity contribution in [1.29, 1.82) is 0 Å². The summed E-state index contributed by atoms with van der Waals surface area (Å²) in [7, 11) is 8.02. The van der Waals surface area contributed by atoms with Gasteiger partial charge in [-0.15, -0.1) is 0 Å². The lowest BCUT2D eigenvalue weighted by Gasteiger charge is -2.27. The molecule has 0 N–H and O–H groups in total. The molecule has 0 saturated heterocycles. The number of hydrogen-bond acceptors (Lipinski definition) is 6. The van der Waals surface area contributed by atoms with Crippen LogP contribution in [-0.4, -0.2) is 68.8 Å². The minimum Gasteiger partial charge on any atom is -0.454 e. The van der Waals surface area contributed by atoms with E-state index in [0.29, 0.717) is 19.5 Å². The predicted molar refractivity (Wildman–Crippen MR) is 136 cm³/mol. The van der Waals surface area contributed by atoms with Crippen molar-refractivity contribution in [3.63, 3.8) is 0 Å². The number of hydrogen-bond donors (Lipinski definition) is 0. The molecular weight excluding hydrogens is 428 g/mol. The molecule has 0 spiro atoms. The van der Waals surface area contributed by atoms with Crippen LogP contribution in [0.2, 0.25) is 0 Å². The number of carbonyl (C=O) groups excluding carboxylic acids is 1. The second-order valence-corrected chi connectivity index (χ2v) is 9.37. The largest absolute Gasteiger partial charge is 0.454 e. The van der Waals surface area contributed by atoms with E-state index in [9.17, 15) is 4.79 Å². The van der Waals surface area contributed by atoms with Crippen LogP contribution in [-0.2, 0) is 17.8 Å². The maximum absolute atomic E-state index is 13.3. The van der Waals surface area contributed by atoms with Crippen molar-refractivity contribution >= 4 is 22.6 Å². The second-order valence-electron chi connectivity index (χ2n) is 9.37. The van der Waals surface area contributed by atoms with Gasteiger partial charge in [0, 0.05) is 57.2 Å². The van der Waals surface area contributed by atoms with Crippen molar-refractivity contribution in [3.05, 3.63) is 59.2 Å². The van der Waals surface area contributed by atoms with Crippen molar-refractivity contribution < 1.29 is 14.3 Å². The van der Waals surface area contributed by atoms with E-state index in [4.69, 9.17) is 14.5 Å². The summed E-state index contributed by atoms with van der Waals surface area (Å²) < 4.78 is 11.1. The molecule has 0 atom stereocenters. The average Bonchev–Trinajstić information content (AvgIpc) is 3.26. The third kappa shape index (κ3) is 5.59. The molecule has 2 heterocycles. The van der Waals surface area contributed by atoms with E-state index in [1.165, 1.54) is 11.1 Å². The zero-order valence-corrected chi connectivity index (χ0v) is 20.8. The summed E-state index contributed by atoms with van der Waals surface area (Å²) in [4.78, 5) is 24.3. The smallest absolute Gasteiger partial charge is 0.231 e. The highest BCUT2D eigenvalue weighted by Crippen LogP contribution is 2.37. The highest BCUT2D eigenvalue weighted by Gasteiger charge is 2.20. The Labute approximate surface area is 201 Å². The third-order valence-electron chi connectivity index (χ3n) is 6.07. The quantitative estimate of drug-likeness (QED) is 0.481. The predicted octanol–water partition coefficient (Wildman–Crippen LogP) is 3.86. The summed E-state index contributed by atoms with van der Waals surface area (Å²) in [6, 6.07) is 14.4. The van der Waals surface area contributed by atoms with Crippen molar-refractivity contribution in [2.24, 2.45) is 0 Å². The van der Waals surface area contributed by atoms with Gasteiger partial charge in [-0.3, -0.25) is 4.79 Å². The first-order valence-electron chi connectivity index (χ1n) is 11.7. The molecule has 2 aromatic carbocycles. The topological polar surface area (TPSA) is 58.1 Å². The molecule has 1 aromatic heterocycles. The lowest BCUT2D eigenvalue weighted by atomic mass is 10.1. The van der Waals surface area contributed by atoms with Crippen LogP contribution in [0.1, 0.15) is 23.1 Å². The van der Waals surface area contributed by atoms with Crippen LogP contribution in [0.3, 0.4) is 0 Å². The molecule has 0 saturated carbocycles. The Morgan fingerprint density at radius 2 is 1.68 bits per heavy atom. The first-order chi connectivity index (χ1) is 16.3. The summed E-state index contributed by atoms with van der Waals surface area (Å²) in [6.45, 7) is 4.27. The molecule has 0 aliphatic carbocycles. The number of benzene rings is 2. The molecule has 0 radical (unpaired) electrons. The SMILES string of the molecule is Cc1ccc(CCC(=O)N(CCN(C)C)Cc2cc3cc4c(cc3nc2N(C)C)OCO4)cc1. The van der Waals surface area contributed by atoms with Gasteiger partial charge in [0.05, 0.1) is 5.52 Å². The van der Waals surface area contributed by atoms with Crippen molar-refractivity contribution in [2.45, 2.75) is 26.3 Å². The number of fused-ring (bicyclic) bond motifs is 2. The standard InChI is InChI=1S/C27H34N4O3/c1-19-6-8-20(9-7-19)10-11-26(32)31(13-12-29(2)3)17-22-14-21-15-24-25(34-18-33-24)16-23(21)28-27(22)30(4)5/h6-9,14-16H,10-13,17-18H2,1-5H3. The highest BCUT2D eigenvalue weighted by atomic mass is 16.7. The van der Waals surface area contributed by atoms with Crippen LogP contribution in [0.4, 0.5) is 5.82 Å². The first-order valence-corrected chi connectivity index (χ1v) is 11.7. The van der Waals surface area contributed by atoms with Gasteiger partial charge in [0.2, 0.25) is 12.7 Å². The Hall–Kier alpha value is -3.32. The molecule has 7 nitrogen and oxygen atoms in total. The number of aryl methyl sites for hydroxylation is 2. The van der Waals surface area contributed by atoms with Gasteiger partial charge in [-0.05, 0) is 45.1 Å². The summed E-state index contributed by atoms with van der Waals surface area (Å²) in [6.07, 6.45) is 1.21. The number of ether oxygens (including phenoxy) is 2. The van der Waals surface area contributed by atoms with Crippen molar-refractivity contribution in [3.8, 4) is 11.5 Å². The van der Waals surface area contributed by atoms with Gasteiger partial charge in [0.25, 0.3) is 0 Å². The number of nitrogens with zero attached hydrogens (tertiary/aromatic N) is 4. The van der Waals surface area contributed by atoms with Crippen LogP contribution in [0.15, 0.2) is 42.5 Å². The number of anilines is 1. The summed E-state index contributed by atoms with van der Waals surface area (Å²) in [5.74, 6) is 2.46. The summed E-state index contributed by atoms with van der Waals surface area (Å²) in [5, 5.41) is 0.976. The minimum atomic E-state index is 0.151. The second kappa shape index (κ2) is 10.3. The molecule has 4 rings (SSSR count). The Kier molecular flexibility index (Phi) is 7.22. The van der Waals surface area contributed by atoms with Crippen LogP contribution < -0.4 is 14.4 Å². The lowest BCUT2D eigenvalue weighted by molar-refractivity contribution is -0.131. The van der Waals surface area contributed by atoms with E-state index >= 15 is 0 Å². The van der Waals surface area contributed by atoms with Crippen LogP contribution in [0.5, 0.6) is 11.5 Å². The molecule has 1 aliphatic heterocycles. The van der Waals surface area contributed by atoms with Gasteiger partial charge in [0.15, 0.2) is 11.5 Å². The number of carbonyl (C=O) groups is 1. The van der Waals surface area contributed by atoms with Gasteiger partial charge in [0.1, 0.15) is 5.82 Å². The van der Waals surface area contributed by atoms with E-state index < -0.39 is 0 Å². The molecule has 0 unspecified atom stereocenters. The van der Waals surface area contributed by atoms with E-state index in [-0.39, 0.29) is 12.7 Å². The summed E-state index contributed by atoms with van der Waals surface area (Å²) in [5.41, 5.74) is 4.27. The van der Waals surface area contributed by atoms with E-state index in [2.05, 4.69) is 42.2 Å². The minimum absolute atomic E-state index is 0.151. The molecule has 1 amide bonds. The van der Waals surface area contributed by atoms with Gasteiger partial charge in [-0.2, -0.15) is 0 Å². The fourth-order valence-corrected chi connectivity index (χ4v) is 4.08. The maximum Gasteiger partial charge on any atom is 0.231 e. The molecule has 0 bridgehead atoms. The zero-order valence-electron chi connectivity index (χ0n) is 20.8.